The smallest absolute Gasteiger partial charge is 0.206 e. The van der Waals surface area contributed by atoms with Gasteiger partial charge >= 0.3 is 0 Å². The summed E-state index contributed by atoms with van der Waals surface area (Å²) >= 11 is 0. The number of nitrogens with zero attached hydrogens (tertiary/aromatic N) is 9. The topological polar surface area (TPSA) is 135 Å². The van der Waals surface area contributed by atoms with Crippen molar-refractivity contribution in [2.75, 3.05) is 35.2 Å². The zero-order valence-electron chi connectivity index (χ0n) is 19.9. The van der Waals surface area contributed by atoms with Gasteiger partial charge in [0, 0.05) is 37.4 Å². The molecule has 4 heterocycles. The number of rotatable bonds is 4. The minimum Gasteiger partial charge on any atom is -0.507 e. The van der Waals surface area contributed by atoms with Crippen LogP contribution >= 0.6 is 0 Å². The number of aromatic hydroxyl groups is 1. The third-order valence-corrected chi connectivity index (χ3v) is 6.12. The number of anilines is 3. The average Bonchev–Trinajstić information content (AvgIpc) is 3.33. The minimum absolute atomic E-state index is 0.155. The van der Waals surface area contributed by atoms with Gasteiger partial charge in [-0.15, -0.1) is 10.2 Å². The first-order valence-corrected chi connectivity index (χ1v) is 11.7. The summed E-state index contributed by atoms with van der Waals surface area (Å²) in [6, 6.07) is 11.1. The summed E-state index contributed by atoms with van der Waals surface area (Å²) in [7, 11) is 0. The number of hydrogen-bond donors (Lipinski definition) is 2. The van der Waals surface area contributed by atoms with Gasteiger partial charge in [-0.25, -0.2) is 19.6 Å². The molecule has 182 valence electrons. The maximum absolute atomic E-state index is 10.3. The Morgan fingerprint density at radius 2 is 2.03 bits per heavy atom. The number of nitrogens with two attached hydrogens (primary N) is 1. The number of phenols is 1. The van der Waals surface area contributed by atoms with E-state index in [9.17, 15) is 5.11 Å². The molecule has 0 bridgehead atoms. The Morgan fingerprint density at radius 3 is 2.86 bits per heavy atom. The van der Waals surface area contributed by atoms with Gasteiger partial charge in [0.1, 0.15) is 30.8 Å². The number of nitrogen functional groups attached to an aromatic ring is 1. The second-order valence-corrected chi connectivity index (χ2v) is 8.47. The van der Waals surface area contributed by atoms with Gasteiger partial charge < -0.3 is 20.6 Å². The third-order valence-electron chi connectivity index (χ3n) is 6.12. The zero-order valence-corrected chi connectivity index (χ0v) is 19.9. The molecule has 5 rings (SSSR count). The van der Waals surface area contributed by atoms with Crippen LogP contribution in [0.4, 0.5) is 17.3 Å². The lowest BCUT2D eigenvalue weighted by molar-refractivity contribution is 0.477. The number of para-hydroxylation sites is 1. The van der Waals surface area contributed by atoms with E-state index in [1.165, 1.54) is 6.33 Å². The molecule has 4 aromatic rings. The Kier molecular flexibility index (Phi) is 6.57. The molecule has 11 nitrogen and oxygen atoms in total. The van der Waals surface area contributed by atoms with E-state index in [1.54, 1.807) is 29.3 Å². The molecule has 1 aliphatic rings. The molecular formula is C25H26N10O. The van der Waals surface area contributed by atoms with Crippen molar-refractivity contribution < 1.29 is 5.11 Å². The molecule has 1 fully saturated rings. The molecule has 1 unspecified atom stereocenters. The van der Waals surface area contributed by atoms with E-state index in [0.717, 1.165) is 37.6 Å². The minimum atomic E-state index is 0.155. The standard InChI is InChI=1S/C25H26N10O/c1-18-9-12-33(21-15-20(31-32-25(21)26)19-5-2-3-6-22(19)36)13-14-35(18)24-8-10-28-23(30-24)7-4-11-34-17-27-16-29-34/h2-3,5-6,8,10,15-18,36H,9,11-14H2,1H3,(H2,26,32). The van der Waals surface area contributed by atoms with Crippen molar-refractivity contribution >= 4 is 17.3 Å². The first-order valence-electron chi connectivity index (χ1n) is 11.7. The first kappa shape index (κ1) is 23.0. The highest BCUT2D eigenvalue weighted by atomic mass is 16.3. The van der Waals surface area contributed by atoms with Crippen molar-refractivity contribution in [2.45, 2.75) is 25.9 Å². The molecule has 3 N–H and O–H groups in total. The van der Waals surface area contributed by atoms with E-state index in [0.29, 0.717) is 29.4 Å². The van der Waals surface area contributed by atoms with Gasteiger partial charge in [-0.05, 0) is 43.5 Å². The molecule has 11 heteroatoms. The number of benzene rings is 1. The summed E-state index contributed by atoms with van der Waals surface area (Å²) in [5.41, 5.74) is 8.24. The second-order valence-electron chi connectivity index (χ2n) is 8.47. The van der Waals surface area contributed by atoms with Crippen LogP contribution in [0.2, 0.25) is 0 Å². The van der Waals surface area contributed by atoms with Gasteiger partial charge in [-0.3, -0.25) is 0 Å². The van der Waals surface area contributed by atoms with Crippen LogP contribution in [-0.2, 0) is 6.54 Å². The summed E-state index contributed by atoms with van der Waals surface area (Å²) < 4.78 is 1.65. The van der Waals surface area contributed by atoms with Crippen molar-refractivity contribution in [3.63, 3.8) is 0 Å². The monoisotopic (exact) mass is 482 g/mol. The lowest BCUT2D eigenvalue weighted by Crippen LogP contribution is -2.35. The molecule has 1 atom stereocenters. The van der Waals surface area contributed by atoms with E-state index in [1.807, 2.05) is 24.3 Å². The Balaban J connectivity index is 1.33. The molecule has 0 radical (unpaired) electrons. The van der Waals surface area contributed by atoms with Gasteiger partial charge in [0.05, 0.1) is 11.4 Å². The second kappa shape index (κ2) is 10.3. The molecule has 0 saturated carbocycles. The van der Waals surface area contributed by atoms with Crippen molar-refractivity contribution in [1.82, 2.24) is 34.9 Å². The van der Waals surface area contributed by atoms with E-state index in [-0.39, 0.29) is 11.8 Å². The van der Waals surface area contributed by atoms with Crippen LogP contribution in [0.3, 0.4) is 0 Å². The van der Waals surface area contributed by atoms with Crippen LogP contribution in [0.5, 0.6) is 5.75 Å². The van der Waals surface area contributed by atoms with Gasteiger partial charge in [0.25, 0.3) is 0 Å². The first-order chi connectivity index (χ1) is 17.6. The SMILES string of the molecule is CC1CCN(c2cc(-c3ccccc3O)nnc2N)CCN1c1ccnc(C#CCn2cncn2)n1. The maximum atomic E-state index is 10.3. The fraction of sp³-hybridized carbons (Fsp3) is 0.280. The fourth-order valence-electron chi connectivity index (χ4n) is 4.19. The van der Waals surface area contributed by atoms with Crippen molar-refractivity contribution in [2.24, 2.45) is 0 Å². The quantitative estimate of drug-likeness (QED) is 0.416. The van der Waals surface area contributed by atoms with Crippen LogP contribution < -0.4 is 15.5 Å². The number of phenolic OH excluding ortho intramolecular Hbond substituents is 1. The molecule has 0 aliphatic carbocycles. The molecule has 36 heavy (non-hydrogen) atoms. The molecular weight excluding hydrogens is 456 g/mol. The summed E-state index contributed by atoms with van der Waals surface area (Å²) in [5, 5.41) is 22.7. The largest absolute Gasteiger partial charge is 0.507 e. The molecule has 1 saturated heterocycles. The lowest BCUT2D eigenvalue weighted by atomic mass is 10.1. The maximum Gasteiger partial charge on any atom is 0.206 e. The lowest BCUT2D eigenvalue weighted by Gasteiger charge is -2.28. The van der Waals surface area contributed by atoms with E-state index in [2.05, 4.69) is 58.8 Å². The van der Waals surface area contributed by atoms with Crippen LogP contribution in [-0.4, -0.2) is 65.7 Å². The van der Waals surface area contributed by atoms with Crippen molar-refractivity contribution in [3.05, 3.63) is 61.1 Å². The average molecular weight is 483 g/mol. The van der Waals surface area contributed by atoms with E-state index < -0.39 is 0 Å². The molecule has 3 aromatic heterocycles. The molecule has 1 aromatic carbocycles. The normalized spacial score (nSPS) is 15.8. The highest BCUT2D eigenvalue weighted by Gasteiger charge is 2.24. The zero-order chi connectivity index (χ0) is 24.9. The highest BCUT2D eigenvalue weighted by Crippen LogP contribution is 2.32. The Hall–Kier alpha value is -4.72. The predicted octanol–water partition coefficient (Wildman–Crippen LogP) is 1.97. The van der Waals surface area contributed by atoms with Crippen LogP contribution in [0.1, 0.15) is 19.2 Å². The van der Waals surface area contributed by atoms with Crippen LogP contribution in [0.15, 0.2) is 55.2 Å². The van der Waals surface area contributed by atoms with Gasteiger partial charge in [0.15, 0.2) is 5.82 Å². The van der Waals surface area contributed by atoms with Gasteiger partial charge in [-0.2, -0.15) is 5.10 Å². The summed E-state index contributed by atoms with van der Waals surface area (Å²) in [5.74, 6) is 7.86. The predicted molar refractivity (Wildman–Crippen MR) is 136 cm³/mol. The summed E-state index contributed by atoms with van der Waals surface area (Å²) in [6.45, 7) is 4.86. The van der Waals surface area contributed by atoms with Crippen molar-refractivity contribution in [3.8, 4) is 28.8 Å². The molecule has 0 amide bonds. The Morgan fingerprint density at radius 1 is 1.14 bits per heavy atom. The fourth-order valence-corrected chi connectivity index (χ4v) is 4.19. The summed E-state index contributed by atoms with van der Waals surface area (Å²) in [4.78, 5) is 17.4. The third kappa shape index (κ3) is 5.02. The van der Waals surface area contributed by atoms with Crippen LogP contribution in [0.25, 0.3) is 11.3 Å². The van der Waals surface area contributed by atoms with Crippen LogP contribution in [0, 0.1) is 11.8 Å². The number of hydrogen-bond acceptors (Lipinski definition) is 10. The Labute approximate surface area is 208 Å². The van der Waals surface area contributed by atoms with Gasteiger partial charge in [-0.1, -0.05) is 18.1 Å². The van der Waals surface area contributed by atoms with Crippen molar-refractivity contribution in [1.29, 1.82) is 0 Å². The summed E-state index contributed by atoms with van der Waals surface area (Å²) in [6.07, 6.45) is 5.73. The highest BCUT2D eigenvalue weighted by molar-refractivity contribution is 5.74. The van der Waals surface area contributed by atoms with E-state index >= 15 is 0 Å². The van der Waals surface area contributed by atoms with E-state index in [4.69, 9.17) is 5.73 Å². The molecule has 0 spiro atoms. The van der Waals surface area contributed by atoms with Gasteiger partial charge in [0.2, 0.25) is 5.82 Å². The Bertz CT molecular complexity index is 1400. The molecule has 1 aliphatic heterocycles. The number of aromatic nitrogens is 7.